The van der Waals surface area contributed by atoms with Crippen LogP contribution in [-0.2, 0) is 13.5 Å². The zero-order chi connectivity index (χ0) is 14.5. The smallest absolute Gasteiger partial charge is 0.119 e. The van der Waals surface area contributed by atoms with Crippen LogP contribution in [0.3, 0.4) is 0 Å². The second kappa shape index (κ2) is 6.54. The van der Waals surface area contributed by atoms with Crippen LogP contribution >= 0.6 is 0 Å². The first kappa shape index (κ1) is 14.6. The molecule has 108 valence electrons. The maximum absolute atomic E-state index is 5.75. The Morgan fingerprint density at radius 2 is 2.00 bits per heavy atom. The van der Waals surface area contributed by atoms with E-state index >= 15 is 0 Å². The predicted octanol–water partition coefficient (Wildman–Crippen LogP) is 1.93. The molecule has 0 amide bonds. The van der Waals surface area contributed by atoms with Crippen molar-refractivity contribution in [2.75, 3.05) is 6.61 Å². The van der Waals surface area contributed by atoms with Crippen molar-refractivity contribution >= 4 is 0 Å². The molecule has 2 aromatic rings. The Labute approximate surface area is 119 Å². The summed E-state index contributed by atoms with van der Waals surface area (Å²) in [6.07, 6.45) is 2.89. The largest absolute Gasteiger partial charge is 0.494 e. The van der Waals surface area contributed by atoms with E-state index in [2.05, 4.69) is 17.4 Å². The van der Waals surface area contributed by atoms with Gasteiger partial charge < -0.3 is 4.74 Å². The van der Waals surface area contributed by atoms with Crippen LogP contribution < -0.4 is 16.0 Å². The molecule has 0 saturated carbocycles. The van der Waals surface area contributed by atoms with Gasteiger partial charge in [-0.2, -0.15) is 5.10 Å². The highest BCUT2D eigenvalue weighted by molar-refractivity contribution is 5.36. The second-order valence-corrected chi connectivity index (χ2v) is 4.66. The molecule has 0 aliphatic rings. The predicted molar refractivity (Wildman–Crippen MR) is 79.4 cm³/mol. The molecule has 3 N–H and O–H groups in total. The van der Waals surface area contributed by atoms with Gasteiger partial charge >= 0.3 is 0 Å². The maximum atomic E-state index is 5.75. The van der Waals surface area contributed by atoms with Crippen LogP contribution in [0.5, 0.6) is 5.75 Å². The van der Waals surface area contributed by atoms with Crippen molar-refractivity contribution < 1.29 is 4.74 Å². The molecule has 0 aliphatic heterocycles. The molecule has 1 heterocycles. The van der Waals surface area contributed by atoms with Crippen LogP contribution in [0.2, 0.25) is 0 Å². The zero-order valence-electron chi connectivity index (χ0n) is 12.3. The van der Waals surface area contributed by atoms with Crippen molar-refractivity contribution in [1.29, 1.82) is 0 Å². The molecule has 0 bridgehead atoms. The number of hydrogen-bond acceptors (Lipinski definition) is 4. The van der Waals surface area contributed by atoms with Gasteiger partial charge in [-0.15, -0.1) is 0 Å². The molecule has 1 aromatic heterocycles. The molecule has 2 rings (SSSR count). The number of benzene rings is 1. The average Bonchev–Trinajstić information content (AvgIpc) is 2.83. The number of aromatic nitrogens is 2. The SMILES string of the molecule is CCOc1ccc(C(NN)c2cn(C)nc2CC)cc1. The van der Waals surface area contributed by atoms with E-state index in [1.165, 1.54) is 0 Å². The molecule has 1 unspecified atom stereocenters. The average molecular weight is 274 g/mol. The number of nitrogens with zero attached hydrogens (tertiary/aromatic N) is 2. The molecule has 0 radical (unpaired) electrons. The first-order valence-electron chi connectivity index (χ1n) is 6.90. The summed E-state index contributed by atoms with van der Waals surface area (Å²) in [7, 11) is 1.93. The number of nitrogens with two attached hydrogens (primary N) is 1. The first-order chi connectivity index (χ1) is 9.69. The number of rotatable bonds is 6. The highest BCUT2D eigenvalue weighted by Crippen LogP contribution is 2.25. The molecule has 5 nitrogen and oxygen atoms in total. The summed E-state index contributed by atoms with van der Waals surface area (Å²) >= 11 is 0. The lowest BCUT2D eigenvalue weighted by Crippen LogP contribution is -2.29. The summed E-state index contributed by atoms with van der Waals surface area (Å²) in [5.74, 6) is 6.62. The molecule has 20 heavy (non-hydrogen) atoms. The fourth-order valence-electron chi connectivity index (χ4n) is 2.36. The standard InChI is InChI=1S/C15H22N4O/c1-4-14-13(10-19(3)18-14)15(17-16)11-6-8-12(9-7-11)20-5-2/h6-10,15,17H,4-5,16H2,1-3H3. The van der Waals surface area contributed by atoms with Crippen LogP contribution in [0.1, 0.15) is 36.7 Å². The van der Waals surface area contributed by atoms with Gasteiger partial charge in [0.15, 0.2) is 0 Å². The highest BCUT2D eigenvalue weighted by Gasteiger charge is 2.18. The van der Waals surface area contributed by atoms with E-state index in [0.29, 0.717) is 6.61 Å². The van der Waals surface area contributed by atoms with Gasteiger partial charge in [0, 0.05) is 18.8 Å². The summed E-state index contributed by atoms with van der Waals surface area (Å²) in [6, 6.07) is 7.93. The van der Waals surface area contributed by atoms with Crippen molar-refractivity contribution in [3.63, 3.8) is 0 Å². The lowest BCUT2D eigenvalue weighted by molar-refractivity contribution is 0.340. The van der Waals surface area contributed by atoms with Crippen LogP contribution in [0.25, 0.3) is 0 Å². The number of hydrogen-bond donors (Lipinski definition) is 2. The molecular formula is C15H22N4O. The topological polar surface area (TPSA) is 65.1 Å². The third-order valence-electron chi connectivity index (χ3n) is 3.27. The molecule has 1 aromatic carbocycles. The lowest BCUT2D eigenvalue weighted by atomic mass is 9.99. The van der Waals surface area contributed by atoms with Crippen LogP contribution in [-0.4, -0.2) is 16.4 Å². The minimum Gasteiger partial charge on any atom is -0.494 e. The monoisotopic (exact) mass is 274 g/mol. The molecular weight excluding hydrogens is 252 g/mol. The second-order valence-electron chi connectivity index (χ2n) is 4.66. The zero-order valence-corrected chi connectivity index (χ0v) is 12.3. The molecule has 0 aliphatic carbocycles. The molecule has 1 atom stereocenters. The molecule has 5 heteroatoms. The summed E-state index contributed by atoms with van der Waals surface area (Å²) < 4.78 is 7.29. The van der Waals surface area contributed by atoms with Gasteiger partial charge in [-0.05, 0) is 31.0 Å². The Bertz CT molecular complexity index is 548. The lowest BCUT2D eigenvalue weighted by Gasteiger charge is -2.16. The quantitative estimate of drug-likeness (QED) is 0.624. The van der Waals surface area contributed by atoms with Crippen molar-refractivity contribution in [3.8, 4) is 5.75 Å². The summed E-state index contributed by atoms with van der Waals surface area (Å²) in [6.45, 7) is 4.74. The van der Waals surface area contributed by atoms with E-state index in [9.17, 15) is 0 Å². The maximum Gasteiger partial charge on any atom is 0.119 e. The molecule has 0 fully saturated rings. The van der Waals surface area contributed by atoms with Crippen molar-refractivity contribution in [1.82, 2.24) is 15.2 Å². The molecule has 0 spiro atoms. The van der Waals surface area contributed by atoms with Crippen LogP contribution in [0.4, 0.5) is 0 Å². The van der Waals surface area contributed by atoms with Gasteiger partial charge in [-0.1, -0.05) is 19.1 Å². The van der Waals surface area contributed by atoms with Crippen molar-refractivity contribution in [2.24, 2.45) is 12.9 Å². The summed E-state index contributed by atoms with van der Waals surface area (Å²) in [5, 5.41) is 4.47. The van der Waals surface area contributed by atoms with E-state index in [0.717, 1.165) is 29.0 Å². The number of nitrogens with one attached hydrogen (secondary N) is 1. The van der Waals surface area contributed by atoms with E-state index in [-0.39, 0.29) is 6.04 Å². The molecule has 0 saturated heterocycles. The van der Waals surface area contributed by atoms with Crippen molar-refractivity contribution in [2.45, 2.75) is 26.3 Å². The van der Waals surface area contributed by atoms with Gasteiger partial charge in [0.2, 0.25) is 0 Å². The fraction of sp³-hybridized carbons (Fsp3) is 0.400. The minimum absolute atomic E-state index is 0.0608. The van der Waals surface area contributed by atoms with Crippen molar-refractivity contribution in [3.05, 3.63) is 47.3 Å². The third-order valence-corrected chi connectivity index (χ3v) is 3.27. The minimum atomic E-state index is -0.0608. The van der Waals surface area contributed by atoms with E-state index in [1.54, 1.807) is 0 Å². The van der Waals surface area contributed by atoms with Crippen LogP contribution in [0, 0.1) is 0 Å². The third kappa shape index (κ3) is 3.00. The van der Waals surface area contributed by atoms with E-state index < -0.39 is 0 Å². The van der Waals surface area contributed by atoms with Gasteiger partial charge in [0.1, 0.15) is 5.75 Å². The van der Waals surface area contributed by atoms with E-state index in [1.807, 2.05) is 49.1 Å². The van der Waals surface area contributed by atoms with Gasteiger partial charge in [-0.25, -0.2) is 5.43 Å². The van der Waals surface area contributed by atoms with E-state index in [4.69, 9.17) is 10.6 Å². The number of aryl methyl sites for hydroxylation is 2. The Hall–Kier alpha value is -1.85. The Morgan fingerprint density at radius 1 is 1.30 bits per heavy atom. The number of hydrazine groups is 1. The Kier molecular flexibility index (Phi) is 4.76. The van der Waals surface area contributed by atoms with Gasteiger partial charge in [0.05, 0.1) is 18.3 Å². The first-order valence-corrected chi connectivity index (χ1v) is 6.90. The van der Waals surface area contributed by atoms with Gasteiger partial charge in [0.25, 0.3) is 0 Å². The summed E-state index contributed by atoms with van der Waals surface area (Å²) in [5.41, 5.74) is 6.15. The van der Waals surface area contributed by atoms with Crippen LogP contribution in [0.15, 0.2) is 30.5 Å². The fourth-order valence-corrected chi connectivity index (χ4v) is 2.36. The Morgan fingerprint density at radius 3 is 2.55 bits per heavy atom. The van der Waals surface area contributed by atoms with Gasteiger partial charge in [-0.3, -0.25) is 10.5 Å². The highest BCUT2D eigenvalue weighted by atomic mass is 16.5. The normalized spacial score (nSPS) is 12.4. The summed E-state index contributed by atoms with van der Waals surface area (Å²) in [4.78, 5) is 0. The number of ether oxygens (including phenoxy) is 1. The Balaban J connectivity index is 2.31.